The van der Waals surface area contributed by atoms with Gasteiger partial charge in [0, 0.05) is 6.61 Å². The summed E-state index contributed by atoms with van der Waals surface area (Å²) in [5.74, 6) is 1.06. The highest BCUT2D eigenvalue weighted by molar-refractivity contribution is 7.18. The molecule has 6 nitrogen and oxygen atoms in total. The Balaban J connectivity index is 1.96. The molecule has 3 rings (SSSR count). The van der Waals surface area contributed by atoms with Crippen molar-refractivity contribution in [2.24, 2.45) is 0 Å². The summed E-state index contributed by atoms with van der Waals surface area (Å²) in [7, 11) is 0. The molecular formula is C11H14N4O2S. The third kappa shape index (κ3) is 1.79. The minimum Gasteiger partial charge on any atom is -0.375 e. The van der Waals surface area contributed by atoms with Crippen molar-refractivity contribution in [3.05, 3.63) is 11.5 Å². The van der Waals surface area contributed by atoms with Gasteiger partial charge in [-0.2, -0.15) is 4.98 Å². The fraction of sp³-hybridized carbons (Fsp3) is 0.545. The van der Waals surface area contributed by atoms with Gasteiger partial charge < -0.3 is 15.0 Å². The van der Waals surface area contributed by atoms with E-state index in [1.807, 2.05) is 13.8 Å². The number of nitrogens with two attached hydrogens (primary N) is 1. The van der Waals surface area contributed by atoms with Gasteiger partial charge in [-0.15, -0.1) is 0 Å². The summed E-state index contributed by atoms with van der Waals surface area (Å²) in [4.78, 5) is 9.40. The van der Waals surface area contributed by atoms with Crippen LogP contribution in [0.2, 0.25) is 0 Å². The monoisotopic (exact) mass is 266 g/mol. The van der Waals surface area contributed by atoms with Crippen LogP contribution < -0.4 is 5.73 Å². The predicted octanol–water partition coefficient (Wildman–Crippen LogP) is 2.11. The van der Waals surface area contributed by atoms with Gasteiger partial charge in [0.15, 0.2) is 5.13 Å². The highest BCUT2D eigenvalue weighted by Crippen LogP contribution is 2.36. The summed E-state index contributed by atoms with van der Waals surface area (Å²) in [6.07, 6.45) is 1.93. The van der Waals surface area contributed by atoms with Crippen LogP contribution in [0.4, 0.5) is 5.13 Å². The molecule has 3 heterocycles. The van der Waals surface area contributed by atoms with Gasteiger partial charge in [0.05, 0.1) is 5.69 Å². The Morgan fingerprint density at radius 3 is 2.83 bits per heavy atom. The molecule has 0 bridgehead atoms. The molecule has 1 atom stereocenters. The minimum absolute atomic E-state index is 0.425. The molecule has 0 aromatic carbocycles. The van der Waals surface area contributed by atoms with Gasteiger partial charge in [-0.05, 0) is 26.7 Å². The van der Waals surface area contributed by atoms with Gasteiger partial charge in [0.25, 0.3) is 5.89 Å². The van der Waals surface area contributed by atoms with Gasteiger partial charge in [-0.3, -0.25) is 0 Å². The summed E-state index contributed by atoms with van der Waals surface area (Å²) in [5.41, 5.74) is 6.05. The van der Waals surface area contributed by atoms with Crippen LogP contribution in [0.15, 0.2) is 4.52 Å². The predicted molar refractivity (Wildman–Crippen MR) is 67.1 cm³/mol. The van der Waals surface area contributed by atoms with Crippen molar-refractivity contribution in [3.8, 4) is 10.8 Å². The second-order valence-electron chi connectivity index (χ2n) is 4.57. The third-order valence-electron chi connectivity index (χ3n) is 3.13. The highest BCUT2D eigenvalue weighted by Gasteiger charge is 2.37. The summed E-state index contributed by atoms with van der Waals surface area (Å²) in [5, 5.41) is 4.53. The molecule has 2 N–H and O–H groups in total. The molecule has 0 aliphatic carbocycles. The topological polar surface area (TPSA) is 87.1 Å². The third-order valence-corrected chi connectivity index (χ3v) is 4.10. The standard InChI is InChI=1S/C11H14N4O2S/c1-6-7(18-10(12)13-6)8-14-9(15-17-8)11(2)4-3-5-16-11/h3-5H2,1-2H3,(H2,12,13). The lowest BCUT2D eigenvalue weighted by Crippen LogP contribution is -2.21. The van der Waals surface area contributed by atoms with E-state index in [2.05, 4.69) is 15.1 Å². The zero-order valence-electron chi connectivity index (χ0n) is 10.3. The van der Waals surface area contributed by atoms with Crippen LogP contribution in [-0.4, -0.2) is 21.7 Å². The average molecular weight is 266 g/mol. The van der Waals surface area contributed by atoms with E-state index in [1.54, 1.807) is 0 Å². The molecule has 2 aromatic heterocycles. The van der Waals surface area contributed by atoms with E-state index in [-0.39, 0.29) is 0 Å². The maximum atomic E-state index is 5.69. The van der Waals surface area contributed by atoms with Crippen molar-refractivity contribution in [1.82, 2.24) is 15.1 Å². The molecule has 18 heavy (non-hydrogen) atoms. The number of nitrogen functional groups attached to an aromatic ring is 1. The Hall–Kier alpha value is -1.47. The van der Waals surface area contributed by atoms with Gasteiger partial charge in [-0.1, -0.05) is 16.5 Å². The van der Waals surface area contributed by atoms with E-state index in [0.717, 1.165) is 30.0 Å². The average Bonchev–Trinajstić information content (AvgIpc) is 2.99. The van der Waals surface area contributed by atoms with Crippen molar-refractivity contribution in [2.45, 2.75) is 32.3 Å². The van der Waals surface area contributed by atoms with Crippen LogP contribution >= 0.6 is 11.3 Å². The van der Waals surface area contributed by atoms with E-state index in [9.17, 15) is 0 Å². The molecule has 1 saturated heterocycles. The van der Waals surface area contributed by atoms with Crippen LogP contribution in [-0.2, 0) is 10.3 Å². The second kappa shape index (κ2) is 4.03. The first-order chi connectivity index (χ1) is 8.58. The lowest BCUT2D eigenvalue weighted by Gasteiger charge is -2.17. The van der Waals surface area contributed by atoms with E-state index in [0.29, 0.717) is 16.8 Å². The molecule has 1 fully saturated rings. The van der Waals surface area contributed by atoms with Crippen LogP contribution in [0.25, 0.3) is 10.8 Å². The molecule has 2 aromatic rings. The quantitative estimate of drug-likeness (QED) is 0.895. The lowest BCUT2D eigenvalue weighted by molar-refractivity contribution is 0.00768. The minimum atomic E-state index is -0.425. The van der Waals surface area contributed by atoms with Crippen LogP contribution in [0, 0.1) is 6.92 Å². The molecule has 1 aliphatic rings. The summed E-state index contributed by atoms with van der Waals surface area (Å²) in [6, 6.07) is 0. The molecule has 7 heteroatoms. The Morgan fingerprint density at radius 2 is 2.22 bits per heavy atom. The fourth-order valence-corrected chi connectivity index (χ4v) is 2.86. The van der Waals surface area contributed by atoms with E-state index < -0.39 is 5.60 Å². The number of aromatic nitrogens is 3. The zero-order chi connectivity index (χ0) is 12.8. The van der Waals surface area contributed by atoms with Crippen molar-refractivity contribution in [2.75, 3.05) is 12.3 Å². The second-order valence-corrected chi connectivity index (χ2v) is 5.60. The van der Waals surface area contributed by atoms with E-state index in [4.69, 9.17) is 15.0 Å². The van der Waals surface area contributed by atoms with Crippen LogP contribution in [0.1, 0.15) is 31.3 Å². The van der Waals surface area contributed by atoms with E-state index >= 15 is 0 Å². The molecule has 1 aliphatic heterocycles. The first kappa shape index (κ1) is 11.6. The van der Waals surface area contributed by atoms with Crippen molar-refractivity contribution < 1.29 is 9.26 Å². The lowest BCUT2D eigenvalue weighted by atomic mass is 10.0. The van der Waals surface area contributed by atoms with Crippen LogP contribution in [0.5, 0.6) is 0 Å². The normalized spacial score (nSPS) is 23.7. The van der Waals surface area contributed by atoms with Gasteiger partial charge >= 0.3 is 0 Å². The number of ether oxygens (including phenoxy) is 1. The largest absolute Gasteiger partial charge is 0.375 e. The molecule has 0 saturated carbocycles. The van der Waals surface area contributed by atoms with Gasteiger partial charge in [-0.25, -0.2) is 4.98 Å². The Labute approximate surface area is 108 Å². The molecule has 0 spiro atoms. The maximum absolute atomic E-state index is 5.69. The Morgan fingerprint density at radius 1 is 1.39 bits per heavy atom. The Bertz CT molecular complexity index is 571. The molecule has 0 radical (unpaired) electrons. The van der Waals surface area contributed by atoms with Crippen molar-refractivity contribution in [1.29, 1.82) is 0 Å². The van der Waals surface area contributed by atoms with Gasteiger partial charge in [0.1, 0.15) is 10.5 Å². The zero-order valence-corrected chi connectivity index (χ0v) is 11.1. The van der Waals surface area contributed by atoms with Crippen molar-refractivity contribution >= 4 is 16.5 Å². The number of hydrogen-bond acceptors (Lipinski definition) is 7. The number of hydrogen-bond donors (Lipinski definition) is 1. The smallest absolute Gasteiger partial charge is 0.270 e. The number of rotatable bonds is 2. The van der Waals surface area contributed by atoms with Crippen molar-refractivity contribution in [3.63, 3.8) is 0 Å². The highest BCUT2D eigenvalue weighted by atomic mass is 32.1. The van der Waals surface area contributed by atoms with Gasteiger partial charge in [0.2, 0.25) is 5.82 Å². The SMILES string of the molecule is Cc1nc(N)sc1-c1nc(C2(C)CCCO2)no1. The number of thiazole rings is 1. The molecular weight excluding hydrogens is 252 g/mol. The fourth-order valence-electron chi connectivity index (χ4n) is 2.10. The summed E-state index contributed by atoms with van der Waals surface area (Å²) < 4.78 is 11.0. The summed E-state index contributed by atoms with van der Waals surface area (Å²) >= 11 is 1.35. The van der Waals surface area contributed by atoms with E-state index in [1.165, 1.54) is 11.3 Å². The molecule has 0 amide bonds. The first-order valence-electron chi connectivity index (χ1n) is 5.80. The van der Waals surface area contributed by atoms with Crippen LogP contribution in [0.3, 0.4) is 0 Å². The number of nitrogens with zero attached hydrogens (tertiary/aromatic N) is 3. The molecule has 1 unspecified atom stereocenters. The number of aryl methyl sites for hydroxylation is 1. The number of anilines is 1. The first-order valence-corrected chi connectivity index (χ1v) is 6.61. The summed E-state index contributed by atoms with van der Waals surface area (Å²) in [6.45, 7) is 4.61. The Kier molecular flexibility index (Phi) is 2.60. The molecule has 96 valence electrons. The maximum Gasteiger partial charge on any atom is 0.270 e.